The summed E-state index contributed by atoms with van der Waals surface area (Å²) in [4.78, 5) is 11.5. The quantitative estimate of drug-likeness (QED) is 0.790. The lowest BCUT2D eigenvalue weighted by Gasteiger charge is -2.04. The highest BCUT2D eigenvalue weighted by molar-refractivity contribution is 7.99. The highest BCUT2D eigenvalue weighted by atomic mass is 32.2. The van der Waals surface area contributed by atoms with Gasteiger partial charge in [-0.25, -0.2) is 0 Å². The number of aliphatic carboxylic acids is 1. The molecule has 1 aromatic rings. The van der Waals surface area contributed by atoms with Crippen molar-refractivity contribution in [1.82, 2.24) is 0 Å². The Morgan fingerprint density at radius 3 is 2.91 bits per heavy atom. The molecule has 0 aliphatic carbocycles. The van der Waals surface area contributed by atoms with Gasteiger partial charge in [-0.2, -0.15) is 0 Å². The summed E-state index contributed by atoms with van der Waals surface area (Å²) in [6.45, 7) is 0. The molecule has 0 bridgehead atoms. The average Bonchev–Trinajstić information content (AvgIpc) is 2.40. The SMILES string of the molecule is CSC(C(=O)O)c1cccs1. The second-order valence-electron chi connectivity index (χ2n) is 1.97. The van der Waals surface area contributed by atoms with Crippen molar-refractivity contribution in [3.8, 4) is 0 Å². The molecule has 0 fully saturated rings. The van der Waals surface area contributed by atoms with E-state index in [0.29, 0.717) is 0 Å². The molecule has 0 aliphatic heterocycles. The largest absolute Gasteiger partial charge is 0.480 e. The minimum atomic E-state index is -0.764. The van der Waals surface area contributed by atoms with E-state index in [-0.39, 0.29) is 0 Å². The number of rotatable bonds is 3. The van der Waals surface area contributed by atoms with Crippen molar-refractivity contribution < 1.29 is 9.90 Å². The van der Waals surface area contributed by atoms with Gasteiger partial charge in [-0.05, 0) is 17.7 Å². The molecule has 2 nitrogen and oxygen atoms in total. The van der Waals surface area contributed by atoms with Crippen LogP contribution in [0.5, 0.6) is 0 Å². The lowest BCUT2D eigenvalue weighted by atomic mass is 10.3. The van der Waals surface area contributed by atoms with Crippen LogP contribution < -0.4 is 0 Å². The summed E-state index contributed by atoms with van der Waals surface area (Å²) in [5.41, 5.74) is 0. The fraction of sp³-hybridized carbons (Fsp3) is 0.286. The smallest absolute Gasteiger partial charge is 0.322 e. The zero-order valence-corrected chi connectivity index (χ0v) is 7.61. The monoisotopic (exact) mass is 188 g/mol. The molecule has 11 heavy (non-hydrogen) atoms. The third-order valence-corrected chi connectivity index (χ3v) is 3.27. The summed E-state index contributed by atoms with van der Waals surface area (Å²) >= 11 is 2.83. The predicted octanol–water partition coefficient (Wildman–Crippen LogP) is 2.24. The molecule has 0 saturated heterocycles. The second kappa shape index (κ2) is 3.78. The molecule has 0 spiro atoms. The molecule has 1 rings (SSSR count). The molecule has 0 radical (unpaired) electrons. The van der Waals surface area contributed by atoms with Crippen LogP contribution in [0, 0.1) is 0 Å². The summed E-state index contributed by atoms with van der Waals surface area (Å²) < 4.78 is 0. The molecule has 0 saturated carbocycles. The topological polar surface area (TPSA) is 37.3 Å². The van der Waals surface area contributed by atoms with Gasteiger partial charge in [0.2, 0.25) is 0 Å². The van der Waals surface area contributed by atoms with Crippen LogP contribution >= 0.6 is 23.1 Å². The molecule has 0 amide bonds. The molecule has 0 aliphatic rings. The zero-order valence-electron chi connectivity index (χ0n) is 5.98. The van der Waals surface area contributed by atoms with Gasteiger partial charge in [0, 0.05) is 4.88 Å². The van der Waals surface area contributed by atoms with Gasteiger partial charge in [0.05, 0.1) is 0 Å². The van der Waals surface area contributed by atoms with Crippen LogP contribution in [0.25, 0.3) is 0 Å². The van der Waals surface area contributed by atoms with Gasteiger partial charge in [0.15, 0.2) is 0 Å². The minimum Gasteiger partial charge on any atom is -0.480 e. The maximum Gasteiger partial charge on any atom is 0.322 e. The standard InChI is InChI=1S/C7H8O2S2/c1-10-6(7(8)9)5-3-2-4-11-5/h2-4,6H,1H3,(H,8,9). The number of thiophene rings is 1. The molecule has 60 valence electrons. The second-order valence-corrected chi connectivity index (χ2v) is 3.89. The van der Waals surface area contributed by atoms with Crippen molar-refractivity contribution in [1.29, 1.82) is 0 Å². The fourth-order valence-electron chi connectivity index (χ4n) is 0.779. The minimum absolute atomic E-state index is 0.394. The van der Waals surface area contributed by atoms with E-state index in [2.05, 4.69) is 0 Å². The Labute approximate surface area is 73.2 Å². The Balaban J connectivity index is 2.79. The first-order valence-electron chi connectivity index (χ1n) is 3.04. The van der Waals surface area contributed by atoms with E-state index in [1.165, 1.54) is 23.1 Å². The number of carbonyl (C=O) groups is 1. The van der Waals surface area contributed by atoms with Crippen molar-refractivity contribution in [2.45, 2.75) is 5.25 Å². The van der Waals surface area contributed by atoms with Gasteiger partial charge in [0.25, 0.3) is 0 Å². The van der Waals surface area contributed by atoms with E-state index in [0.717, 1.165) is 4.88 Å². The van der Waals surface area contributed by atoms with E-state index in [1.54, 1.807) is 6.26 Å². The van der Waals surface area contributed by atoms with Crippen molar-refractivity contribution in [3.05, 3.63) is 22.4 Å². The predicted molar refractivity (Wildman–Crippen MR) is 48.2 cm³/mol. The van der Waals surface area contributed by atoms with Gasteiger partial charge < -0.3 is 5.11 Å². The molecule has 1 unspecified atom stereocenters. The number of carboxylic acid groups (broad SMARTS) is 1. The van der Waals surface area contributed by atoms with Crippen LogP contribution in [0.3, 0.4) is 0 Å². The van der Waals surface area contributed by atoms with E-state index in [9.17, 15) is 4.79 Å². The van der Waals surface area contributed by atoms with Crippen molar-refractivity contribution >= 4 is 29.1 Å². The molecule has 1 aromatic heterocycles. The summed E-state index contributed by atoms with van der Waals surface area (Å²) in [6, 6.07) is 3.71. The number of thioether (sulfide) groups is 1. The van der Waals surface area contributed by atoms with Gasteiger partial charge in [-0.3, -0.25) is 4.79 Å². The van der Waals surface area contributed by atoms with Crippen LogP contribution in [0.4, 0.5) is 0 Å². The van der Waals surface area contributed by atoms with Crippen molar-refractivity contribution in [3.63, 3.8) is 0 Å². The van der Waals surface area contributed by atoms with Crippen LogP contribution in [-0.2, 0) is 4.79 Å². The van der Waals surface area contributed by atoms with Gasteiger partial charge in [-0.15, -0.1) is 23.1 Å². The van der Waals surface area contributed by atoms with E-state index < -0.39 is 11.2 Å². The maximum absolute atomic E-state index is 10.6. The Morgan fingerprint density at radius 2 is 2.55 bits per heavy atom. The van der Waals surface area contributed by atoms with Crippen LogP contribution in [0.15, 0.2) is 17.5 Å². The summed E-state index contributed by atoms with van der Waals surface area (Å²) in [5, 5.41) is 10.2. The molecule has 4 heteroatoms. The fourth-order valence-corrected chi connectivity index (χ4v) is 2.44. The summed E-state index contributed by atoms with van der Waals surface area (Å²) in [5.74, 6) is -0.764. The van der Waals surface area contributed by atoms with Crippen LogP contribution in [0.2, 0.25) is 0 Å². The first kappa shape index (κ1) is 8.62. The molecule has 0 aromatic carbocycles. The lowest BCUT2D eigenvalue weighted by Crippen LogP contribution is -2.05. The van der Waals surface area contributed by atoms with Gasteiger partial charge >= 0.3 is 5.97 Å². The summed E-state index contributed by atoms with van der Waals surface area (Å²) in [6.07, 6.45) is 1.80. The third kappa shape index (κ3) is 1.97. The Bertz CT molecular complexity index is 231. The van der Waals surface area contributed by atoms with Crippen molar-refractivity contribution in [2.24, 2.45) is 0 Å². The first-order valence-corrected chi connectivity index (χ1v) is 5.21. The number of hydrogen-bond acceptors (Lipinski definition) is 3. The Morgan fingerprint density at radius 1 is 1.82 bits per heavy atom. The molecular weight excluding hydrogens is 180 g/mol. The maximum atomic E-state index is 10.6. The van der Waals surface area contributed by atoms with Gasteiger partial charge in [0.1, 0.15) is 5.25 Å². The molecular formula is C7H8O2S2. The lowest BCUT2D eigenvalue weighted by molar-refractivity contribution is -0.136. The molecule has 1 atom stereocenters. The Hall–Kier alpha value is -0.480. The normalized spacial score (nSPS) is 12.8. The number of carboxylic acids is 1. The third-order valence-electron chi connectivity index (χ3n) is 1.26. The van der Waals surface area contributed by atoms with E-state index in [1.807, 2.05) is 17.5 Å². The molecule has 1 N–H and O–H groups in total. The van der Waals surface area contributed by atoms with Gasteiger partial charge in [-0.1, -0.05) is 6.07 Å². The van der Waals surface area contributed by atoms with E-state index in [4.69, 9.17) is 5.11 Å². The van der Waals surface area contributed by atoms with Crippen LogP contribution in [0.1, 0.15) is 10.1 Å². The first-order chi connectivity index (χ1) is 5.25. The number of hydrogen-bond donors (Lipinski definition) is 1. The Kier molecular flexibility index (Phi) is 2.96. The summed E-state index contributed by atoms with van der Waals surface area (Å²) in [7, 11) is 0. The van der Waals surface area contributed by atoms with Crippen molar-refractivity contribution in [2.75, 3.05) is 6.26 Å². The highest BCUT2D eigenvalue weighted by Crippen LogP contribution is 2.29. The molecule has 1 heterocycles. The highest BCUT2D eigenvalue weighted by Gasteiger charge is 2.18. The zero-order chi connectivity index (χ0) is 8.27. The van der Waals surface area contributed by atoms with Crippen LogP contribution in [-0.4, -0.2) is 17.3 Å². The van der Waals surface area contributed by atoms with E-state index >= 15 is 0 Å². The average molecular weight is 188 g/mol.